The van der Waals surface area contributed by atoms with E-state index in [1.54, 1.807) is 0 Å². The highest BCUT2D eigenvalue weighted by atomic mass is 32.3. The van der Waals surface area contributed by atoms with E-state index in [1.165, 1.54) is 0 Å². The van der Waals surface area contributed by atoms with E-state index < -0.39 is 15.4 Å². The highest BCUT2D eigenvalue weighted by molar-refractivity contribution is 8.29. The first kappa shape index (κ1) is 10.6. The van der Waals surface area contributed by atoms with Crippen LogP contribution in [0.3, 0.4) is 0 Å². The van der Waals surface area contributed by atoms with Crippen LogP contribution in [0, 0.1) is 10.1 Å². The van der Waals surface area contributed by atoms with Crippen molar-refractivity contribution in [2.45, 2.75) is 32.6 Å². The van der Waals surface area contributed by atoms with Crippen LogP contribution in [0.4, 0.5) is 0 Å². The van der Waals surface area contributed by atoms with Crippen molar-refractivity contribution in [3.8, 4) is 0 Å². The van der Waals surface area contributed by atoms with Gasteiger partial charge in [-0.15, -0.1) is 10.1 Å². The van der Waals surface area contributed by atoms with Gasteiger partial charge in [-0.1, -0.05) is 23.7 Å². The Hall–Kier alpha value is -0.450. The Morgan fingerprint density at radius 1 is 1.46 bits per heavy atom. The molecule has 78 valence electrons. The van der Waals surface area contributed by atoms with Crippen molar-refractivity contribution < 1.29 is 9.37 Å². The fraction of sp³-hybridized carbons (Fsp3) is 1.00. The van der Waals surface area contributed by atoms with Gasteiger partial charge in [0.2, 0.25) is 0 Å². The Labute approximate surface area is 80.3 Å². The first-order valence-electron chi connectivity index (χ1n) is 4.79. The summed E-state index contributed by atoms with van der Waals surface area (Å²) < 4.78 is 4.91. The van der Waals surface area contributed by atoms with Crippen LogP contribution in [-0.2, 0) is 4.28 Å². The van der Waals surface area contributed by atoms with Gasteiger partial charge in [-0.2, -0.15) is 0 Å². The van der Waals surface area contributed by atoms with Gasteiger partial charge in [0.05, 0.1) is 0 Å². The van der Waals surface area contributed by atoms with Crippen LogP contribution in [-0.4, -0.2) is 22.3 Å². The van der Waals surface area contributed by atoms with Gasteiger partial charge in [0, 0.05) is 0 Å². The molecule has 1 rings (SSSR count). The average Bonchev–Trinajstić information content (AvgIpc) is 2.49. The lowest BCUT2D eigenvalue weighted by Crippen LogP contribution is -2.14. The highest BCUT2D eigenvalue weighted by Gasteiger charge is 2.31. The molecule has 0 radical (unpaired) electrons. The second-order valence-corrected chi connectivity index (χ2v) is 6.74. The van der Waals surface area contributed by atoms with Crippen molar-refractivity contribution >= 4 is 10.3 Å². The van der Waals surface area contributed by atoms with E-state index in [2.05, 4.69) is 6.92 Å². The molecule has 0 unspecified atom stereocenters. The summed E-state index contributed by atoms with van der Waals surface area (Å²) in [6, 6.07) is 0. The quantitative estimate of drug-likeness (QED) is 0.514. The Kier molecular flexibility index (Phi) is 3.84. The summed E-state index contributed by atoms with van der Waals surface area (Å²) in [6.45, 7) is 2.11. The molecule has 0 spiro atoms. The number of nitrogens with zero attached hydrogens (tertiary/aromatic N) is 1. The zero-order valence-electron chi connectivity index (χ0n) is 8.03. The summed E-state index contributed by atoms with van der Waals surface area (Å²) >= 11 is 0. The van der Waals surface area contributed by atoms with Crippen molar-refractivity contribution in [1.29, 1.82) is 0 Å². The average molecular weight is 207 g/mol. The van der Waals surface area contributed by atoms with Crippen molar-refractivity contribution in [2.24, 2.45) is 0 Å². The first-order chi connectivity index (χ1) is 6.18. The molecular weight excluding hydrogens is 190 g/mol. The van der Waals surface area contributed by atoms with Crippen molar-refractivity contribution in [1.82, 2.24) is 0 Å². The Morgan fingerprint density at radius 3 is 2.54 bits per heavy atom. The Morgan fingerprint density at radius 2 is 2.08 bits per heavy atom. The van der Waals surface area contributed by atoms with Crippen molar-refractivity contribution in [2.75, 3.05) is 17.3 Å². The smallest absolute Gasteiger partial charge is 0.263 e. The summed E-state index contributed by atoms with van der Waals surface area (Å²) in [7, 11) is -1.32. The molecule has 4 nitrogen and oxygen atoms in total. The molecule has 1 aliphatic rings. The monoisotopic (exact) mass is 207 g/mol. The molecule has 0 atom stereocenters. The third-order valence-electron chi connectivity index (χ3n) is 2.37. The van der Waals surface area contributed by atoms with Gasteiger partial charge in [0.15, 0.2) is 0 Å². The predicted octanol–water partition coefficient (Wildman–Crippen LogP) is 2.51. The third-order valence-corrected chi connectivity index (χ3v) is 5.91. The van der Waals surface area contributed by atoms with Crippen LogP contribution in [0.25, 0.3) is 0 Å². The largest absolute Gasteiger partial charge is 0.304 e. The molecule has 1 fully saturated rings. The molecule has 0 bridgehead atoms. The molecular formula is C8H17NO3S. The molecule has 0 aromatic heterocycles. The van der Waals surface area contributed by atoms with Crippen LogP contribution in [0.1, 0.15) is 32.6 Å². The van der Waals surface area contributed by atoms with Crippen LogP contribution < -0.4 is 0 Å². The zero-order chi connectivity index (χ0) is 9.73. The van der Waals surface area contributed by atoms with Gasteiger partial charge in [0.1, 0.15) is 0 Å². The molecule has 0 aromatic rings. The summed E-state index contributed by atoms with van der Waals surface area (Å²) in [5, 5.41) is 9.74. The van der Waals surface area contributed by atoms with E-state index in [-0.39, 0.29) is 0 Å². The second kappa shape index (κ2) is 4.69. The van der Waals surface area contributed by atoms with Gasteiger partial charge in [-0.25, -0.2) is 0 Å². The molecule has 1 aliphatic heterocycles. The van der Waals surface area contributed by atoms with Gasteiger partial charge in [-0.3, -0.25) is 4.28 Å². The van der Waals surface area contributed by atoms with E-state index >= 15 is 0 Å². The maximum atomic E-state index is 10.3. The predicted molar refractivity (Wildman–Crippen MR) is 54.4 cm³/mol. The maximum Gasteiger partial charge on any atom is 0.304 e. The van der Waals surface area contributed by atoms with E-state index in [0.29, 0.717) is 0 Å². The standard InChI is InChI=1S/C8H17NO3S/c1-2-3-6-13(12-9(10)11)7-4-5-8-13/h2-8H2,1H3. The van der Waals surface area contributed by atoms with Crippen LogP contribution in [0.5, 0.6) is 0 Å². The number of hydrogen-bond donors (Lipinski definition) is 0. The highest BCUT2D eigenvalue weighted by Crippen LogP contribution is 2.55. The SMILES string of the molecule is CCCCS1(O[N+](=O)[O-])CCCC1. The molecule has 1 heterocycles. The third kappa shape index (κ3) is 3.06. The topological polar surface area (TPSA) is 52.4 Å². The summed E-state index contributed by atoms with van der Waals surface area (Å²) in [5.74, 6) is 2.80. The lowest BCUT2D eigenvalue weighted by atomic mass is 10.4. The van der Waals surface area contributed by atoms with Crippen LogP contribution in [0.15, 0.2) is 0 Å². The van der Waals surface area contributed by atoms with E-state index in [0.717, 1.165) is 42.9 Å². The minimum Gasteiger partial charge on any atom is -0.263 e. The van der Waals surface area contributed by atoms with Crippen LogP contribution in [0.2, 0.25) is 0 Å². The van der Waals surface area contributed by atoms with Crippen molar-refractivity contribution in [3.63, 3.8) is 0 Å². The number of hydrogen-bond acceptors (Lipinski definition) is 3. The van der Waals surface area contributed by atoms with Gasteiger partial charge < -0.3 is 0 Å². The minimum absolute atomic E-state index is 0.587. The normalized spacial score (nSPS) is 22.5. The zero-order valence-corrected chi connectivity index (χ0v) is 8.85. The number of unbranched alkanes of at least 4 members (excludes halogenated alkanes) is 1. The lowest BCUT2D eigenvalue weighted by molar-refractivity contribution is -0.710. The van der Waals surface area contributed by atoms with Crippen LogP contribution >= 0.6 is 10.3 Å². The van der Waals surface area contributed by atoms with E-state index in [9.17, 15) is 10.1 Å². The molecule has 0 aromatic carbocycles. The molecule has 0 aliphatic carbocycles. The van der Waals surface area contributed by atoms with Gasteiger partial charge >= 0.3 is 5.09 Å². The molecule has 0 saturated carbocycles. The fourth-order valence-electron chi connectivity index (χ4n) is 1.68. The molecule has 13 heavy (non-hydrogen) atoms. The summed E-state index contributed by atoms with van der Waals surface area (Å²) in [5.41, 5.74) is 0. The van der Waals surface area contributed by atoms with Gasteiger partial charge in [-0.05, 0) is 36.5 Å². The molecule has 1 saturated heterocycles. The maximum absolute atomic E-state index is 10.3. The minimum atomic E-state index is -1.32. The summed E-state index contributed by atoms with van der Waals surface area (Å²) in [6.07, 6.45) is 4.36. The van der Waals surface area contributed by atoms with E-state index in [4.69, 9.17) is 4.28 Å². The Bertz CT molecular complexity index is 180. The molecule has 0 amide bonds. The van der Waals surface area contributed by atoms with E-state index in [1.807, 2.05) is 0 Å². The van der Waals surface area contributed by atoms with Crippen molar-refractivity contribution in [3.05, 3.63) is 10.1 Å². The Balaban J connectivity index is 2.47. The van der Waals surface area contributed by atoms with Gasteiger partial charge in [0.25, 0.3) is 0 Å². The first-order valence-corrected chi connectivity index (χ1v) is 6.85. The fourth-order valence-corrected chi connectivity index (χ4v) is 5.05. The summed E-state index contributed by atoms with van der Waals surface area (Å²) in [4.78, 5) is 10.3. The lowest BCUT2D eigenvalue weighted by Gasteiger charge is -2.31. The molecule has 0 N–H and O–H groups in total. The number of rotatable bonds is 5. The molecule has 5 heteroatoms. The second-order valence-electron chi connectivity index (χ2n) is 3.44.